The zero-order valence-electron chi connectivity index (χ0n) is 59.0. The molecule has 2 unspecified atom stereocenters. The minimum atomic E-state index is -1.43. The van der Waals surface area contributed by atoms with Crippen LogP contribution in [-0.2, 0) is 82.7 Å². The lowest BCUT2D eigenvalue weighted by atomic mass is 9.73. The Morgan fingerprint density at radius 2 is 1.04 bits per heavy atom. The number of alkyl carbamates (subject to hydrolysis) is 2. The molecule has 0 saturated carbocycles. The van der Waals surface area contributed by atoms with Crippen molar-refractivity contribution in [1.82, 2.24) is 25.8 Å². The summed E-state index contributed by atoms with van der Waals surface area (Å²) in [4.78, 5) is 113. The van der Waals surface area contributed by atoms with Crippen molar-refractivity contribution >= 4 is 47.3 Å². The fraction of sp³-hybridized carbons (Fsp3) is 0.771. The summed E-state index contributed by atoms with van der Waals surface area (Å²) >= 11 is 0. The van der Waals surface area contributed by atoms with E-state index in [-0.39, 0.29) is 81.1 Å². The summed E-state index contributed by atoms with van der Waals surface area (Å²) in [6, 6.07) is 7.36. The monoisotopic (exact) mass is 1340 g/mol. The lowest BCUT2D eigenvalue weighted by molar-refractivity contribution is -0.295. The van der Waals surface area contributed by atoms with Gasteiger partial charge in [0.2, 0.25) is 0 Å². The Morgan fingerprint density at radius 1 is 0.621 bits per heavy atom. The van der Waals surface area contributed by atoms with Crippen molar-refractivity contribution in [2.45, 2.75) is 257 Å². The average molecular weight is 1340 g/mol. The minimum Gasteiger partial charge on any atom is -0.458 e. The minimum absolute atomic E-state index is 0. The third-order valence-electron chi connectivity index (χ3n) is 20.8. The summed E-state index contributed by atoms with van der Waals surface area (Å²) in [5.41, 5.74) is -4.28. The number of carbonyl (C=O) groups is 8. The zero-order valence-corrected chi connectivity index (χ0v) is 59.0. The number of hydrogen-bond donors (Lipinski definition) is 5. The second-order valence-corrected chi connectivity index (χ2v) is 28.4. The molecule has 7 rings (SSSR count). The van der Waals surface area contributed by atoms with Crippen LogP contribution in [0.25, 0.3) is 0 Å². The number of Topliss-reactive ketones (excluding diaryl/α,β-unsaturated/α-hetero) is 4. The van der Waals surface area contributed by atoms with Crippen LogP contribution in [0.5, 0.6) is 0 Å². The van der Waals surface area contributed by atoms with E-state index in [1.165, 1.54) is 28.1 Å². The molecule has 6 heterocycles. The number of ketones is 4. The second-order valence-electron chi connectivity index (χ2n) is 28.4. The highest BCUT2D eigenvalue weighted by Gasteiger charge is 2.60. The van der Waals surface area contributed by atoms with Gasteiger partial charge in [-0.2, -0.15) is 0 Å². The molecule has 0 aromatic heterocycles. The molecule has 0 aliphatic carbocycles. The van der Waals surface area contributed by atoms with Gasteiger partial charge < -0.3 is 83.3 Å². The molecule has 538 valence electrons. The number of aliphatic hydroxyl groups is 2. The molecule has 1 aromatic carbocycles. The first-order valence-electron chi connectivity index (χ1n) is 33.3. The number of carbonyl (C=O) groups excluding carboxylic acids is 8. The van der Waals surface area contributed by atoms with Crippen molar-refractivity contribution in [3.63, 3.8) is 0 Å². The van der Waals surface area contributed by atoms with Gasteiger partial charge in [0.25, 0.3) is 0 Å². The van der Waals surface area contributed by atoms with E-state index in [2.05, 4.69) is 22.5 Å². The van der Waals surface area contributed by atoms with Gasteiger partial charge in [0.15, 0.2) is 41.1 Å². The molecule has 0 spiro atoms. The van der Waals surface area contributed by atoms with Crippen LogP contribution in [0, 0.1) is 41.4 Å². The highest BCUT2D eigenvalue weighted by Crippen LogP contribution is 2.43. The standard InChI is InChI=1S/C38H59N3O10.C31H50N2O10.CH4/c1-11-28-38(7)32(40-36(46)51-38)26(20-39-19-25-15-13-12-14-16-25)29(42)21(2)18-37(6,47-10)33(23(4)30(43)24(5)34(45)49-28)50-35-31(44)27(41(8)9)17-22(3)48-35;1-12-21-31(8)25(32-29(38)43-31)17(4)22(34)15(2)14-30(7,39-11)26(18(5)23(35)19(6)27(37)41-21)42-28-24(36)20(33(9)10)13-16(3)40-28;/h12-16,21-24,26-28,31-33,35,39,44H,11,17-20H2,1-10H3,(H,40,46);15-16,18-21,24-26,28,36H,4,12-14H2,1-3,5-11H3,(H,32,38);1H4/t21-,22-,23+,24-,26+,27+,28-,31-,32-,33-,35?,37+,38-;15-,16-,18+,19-,20+,21-,24-,25-,26-,28?,30+,31-;/m11./s1. The molecule has 2 amide bonds. The van der Waals surface area contributed by atoms with E-state index >= 15 is 0 Å². The number of likely N-dealkylation sites (N-methyl/N-ethyl adjacent to an activating group) is 2. The van der Waals surface area contributed by atoms with Crippen molar-refractivity contribution in [1.29, 1.82) is 0 Å². The van der Waals surface area contributed by atoms with Crippen LogP contribution in [0.3, 0.4) is 0 Å². The molecule has 6 fully saturated rings. The maximum Gasteiger partial charge on any atom is 0.408 e. The number of ether oxygens (including phenoxy) is 10. The summed E-state index contributed by atoms with van der Waals surface area (Å²) in [7, 11) is 10.4. The number of benzene rings is 1. The van der Waals surface area contributed by atoms with Crippen molar-refractivity contribution in [3.05, 3.63) is 48.0 Å². The molecule has 1 aromatic rings. The van der Waals surface area contributed by atoms with Crippen LogP contribution in [-0.4, -0.2) is 224 Å². The summed E-state index contributed by atoms with van der Waals surface area (Å²) in [5, 5.41) is 31.6. The number of rotatable bonds is 14. The van der Waals surface area contributed by atoms with Gasteiger partial charge in [-0.15, -0.1) is 0 Å². The molecule has 6 aliphatic rings. The quantitative estimate of drug-likeness (QED) is 0.0592. The normalized spacial score (nSPS) is 41.1. The molecule has 5 N–H and O–H groups in total. The van der Waals surface area contributed by atoms with Gasteiger partial charge in [-0.3, -0.25) is 28.8 Å². The number of fused-ring (bicyclic) bond motifs is 2. The fourth-order valence-electron chi connectivity index (χ4n) is 15.0. The van der Waals surface area contributed by atoms with E-state index in [1.54, 1.807) is 69.2 Å². The van der Waals surface area contributed by atoms with Crippen molar-refractivity contribution in [3.8, 4) is 0 Å². The van der Waals surface area contributed by atoms with Gasteiger partial charge >= 0.3 is 24.1 Å². The number of nitrogens with zero attached hydrogens (tertiary/aromatic N) is 2. The van der Waals surface area contributed by atoms with Crippen LogP contribution in [0.2, 0.25) is 0 Å². The summed E-state index contributed by atoms with van der Waals surface area (Å²) in [6.45, 7) is 28.5. The topological polar surface area (TPSA) is 312 Å². The Balaban J connectivity index is 0.000000345. The third-order valence-corrected chi connectivity index (χ3v) is 20.8. The Hall–Kier alpha value is -5.32. The lowest BCUT2D eigenvalue weighted by Gasteiger charge is -2.47. The Bertz CT molecular complexity index is 2850. The highest BCUT2D eigenvalue weighted by atomic mass is 16.7. The summed E-state index contributed by atoms with van der Waals surface area (Å²) < 4.78 is 60.7. The maximum atomic E-state index is 14.7. The summed E-state index contributed by atoms with van der Waals surface area (Å²) in [6.07, 6.45) is -8.48. The number of hydrogen-bond acceptors (Lipinski definition) is 23. The Morgan fingerprint density at radius 3 is 1.47 bits per heavy atom. The number of esters is 2. The average Bonchev–Trinajstić information content (AvgIpc) is 1.72. The van der Waals surface area contributed by atoms with Gasteiger partial charge in [-0.05, 0) is 128 Å². The smallest absolute Gasteiger partial charge is 0.408 e. The van der Waals surface area contributed by atoms with E-state index in [0.29, 0.717) is 19.4 Å². The van der Waals surface area contributed by atoms with Gasteiger partial charge in [0.05, 0.1) is 47.6 Å². The molecule has 25 nitrogen and oxygen atoms in total. The summed E-state index contributed by atoms with van der Waals surface area (Å²) in [5.74, 6) is -9.55. The SMILES string of the molecule is C.C=C1C(=O)[C@H](C)C[C@](C)(OC)[C@H](OC2O[C@H](C)C[C@H](N(C)C)[C@H]2O)[C@@H](C)C(=O)[C@@H](C)C(=O)O[C@H](CC)[C@@]2(C)OC(=O)N[C@H]12.CC[C@H]1OC(=O)[C@H](C)C(=O)[C@H](C)[C@@H](OC2O[C@H](C)C[C@H](N(C)C)[C@H]2O)[C@@](C)(OC)C[C@@H](C)C(=O)[C@H](CNCc2ccccc2)[C@H]2NC(=O)O[C@@]21C. The van der Waals surface area contributed by atoms with Gasteiger partial charge in [0.1, 0.15) is 48.1 Å². The molecule has 6 saturated heterocycles. The molecular weight excluding hydrogens is 1230 g/mol. The van der Waals surface area contributed by atoms with E-state index in [1.807, 2.05) is 82.2 Å². The number of nitrogens with one attached hydrogen (secondary N) is 3. The Labute approximate surface area is 562 Å². The van der Waals surface area contributed by atoms with Crippen LogP contribution in [0.4, 0.5) is 9.59 Å². The van der Waals surface area contributed by atoms with Gasteiger partial charge in [0, 0.05) is 68.6 Å². The van der Waals surface area contributed by atoms with E-state index < -0.39 is 161 Å². The molecule has 25 atom stereocenters. The Kier molecular flexibility index (Phi) is 27.9. The van der Waals surface area contributed by atoms with Crippen LogP contribution in [0.1, 0.15) is 148 Å². The van der Waals surface area contributed by atoms with E-state index in [9.17, 15) is 48.6 Å². The van der Waals surface area contributed by atoms with Crippen LogP contribution < -0.4 is 16.0 Å². The molecule has 25 heteroatoms. The largest absolute Gasteiger partial charge is 0.458 e. The second kappa shape index (κ2) is 33.0. The van der Waals surface area contributed by atoms with Gasteiger partial charge in [-0.25, -0.2) is 9.59 Å². The lowest BCUT2D eigenvalue weighted by Crippen LogP contribution is -2.61. The van der Waals surface area contributed by atoms with Crippen LogP contribution in [0.15, 0.2) is 42.5 Å². The fourth-order valence-corrected chi connectivity index (χ4v) is 15.0. The zero-order chi connectivity index (χ0) is 70.4. The van der Waals surface area contributed by atoms with E-state index in [4.69, 9.17) is 47.4 Å². The third kappa shape index (κ3) is 17.6. The molecule has 6 aliphatic heterocycles. The predicted octanol–water partition coefficient (Wildman–Crippen LogP) is 6.28. The molecule has 0 radical (unpaired) electrons. The number of methoxy groups -OCH3 is 2. The van der Waals surface area contributed by atoms with Gasteiger partial charge in [-0.1, -0.05) is 85.9 Å². The first-order valence-corrected chi connectivity index (χ1v) is 33.3. The van der Waals surface area contributed by atoms with Crippen molar-refractivity contribution in [2.24, 2.45) is 41.4 Å². The predicted molar refractivity (Wildman–Crippen MR) is 351 cm³/mol. The number of amides is 2. The van der Waals surface area contributed by atoms with Crippen molar-refractivity contribution < 1.29 is 95.9 Å². The number of aliphatic hydroxyl groups excluding tert-OH is 2. The highest BCUT2D eigenvalue weighted by molar-refractivity contribution is 6.01. The number of cyclic esters (lactones) is 2. The first kappa shape index (κ1) is 80.4. The molecule has 0 bridgehead atoms. The molecule has 95 heavy (non-hydrogen) atoms. The maximum absolute atomic E-state index is 14.7. The van der Waals surface area contributed by atoms with E-state index in [0.717, 1.165) is 5.56 Å². The first-order chi connectivity index (χ1) is 43.9. The molecular formula is C70H113N5O20. The van der Waals surface area contributed by atoms with Crippen LogP contribution >= 0.6 is 0 Å². The van der Waals surface area contributed by atoms with Crippen molar-refractivity contribution in [2.75, 3.05) is 49.0 Å².